The van der Waals surface area contributed by atoms with Crippen molar-refractivity contribution in [2.75, 3.05) is 0 Å². The maximum Gasteiger partial charge on any atom is 0.251 e. The van der Waals surface area contributed by atoms with Crippen LogP contribution in [-0.2, 0) is 13.0 Å². The molecule has 3 aromatic rings. The van der Waals surface area contributed by atoms with E-state index in [0.29, 0.717) is 18.0 Å². The molecule has 7 heteroatoms. The Hall–Kier alpha value is -2.67. The van der Waals surface area contributed by atoms with Crippen LogP contribution < -0.4 is 5.32 Å². The number of aryl methyl sites for hydroxylation is 1. The molecule has 0 aliphatic carbocycles. The molecule has 1 N–H and O–H groups in total. The summed E-state index contributed by atoms with van der Waals surface area (Å²) in [6.07, 6.45) is 0.851. The van der Waals surface area contributed by atoms with Crippen LogP contribution in [0.15, 0.2) is 36.4 Å². The third-order valence-corrected chi connectivity index (χ3v) is 4.98. The first-order chi connectivity index (χ1) is 12.6. The Labute approximate surface area is 156 Å². The molecule has 0 unspecified atom stereocenters. The molecule has 1 aromatic carbocycles. The second-order valence-corrected chi connectivity index (χ2v) is 7.35. The van der Waals surface area contributed by atoms with Gasteiger partial charge in [-0.25, -0.2) is 0 Å². The van der Waals surface area contributed by atoms with E-state index in [2.05, 4.69) is 39.6 Å². The van der Waals surface area contributed by atoms with Gasteiger partial charge in [-0.3, -0.25) is 4.79 Å². The average Bonchev–Trinajstić information content (AvgIpc) is 3.14. The molecule has 0 saturated heterocycles. The number of nitrogens with zero attached hydrogens (tertiary/aromatic N) is 4. The summed E-state index contributed by atoms with van der Waals surface area (Å²) in [5.74, 6) is 0.189. The Morgan fingerprint density at radius 3 is 2.54 bits per heavy atom. The van der Waals surface area contributed by atoms with Gasteiger partial charge in [0.1, 0.15) is 10.0 Å². The quantitative estimate of drug-likeness (QED) is 0.720. The van der Waals surface area contributed by atoms with E-state index in [9.17, 15) is 4.79 Å². The van der Waals surface area contributed by atoms with Gasteiger partial charge in [0.2, 0.25) is 0 Å². The molecule has 26 heavy (non-hydrogen) atoms. The molecule has 0 aliphatic heterocycles. The molecule has 3 rings (SSSR count). The fourth-order valence-corrected chi connectivity index (χ4v) is 3.11. The first kappa shape index (κ1) is 18.1. The molecule has 0 bridgehead atoms. The van der Waals surface area contributed by atoms with Crippen molar-refractivity contribution in [3.63, 3.8) is 0 Å². The van der Waals surface area contributed by atoms with Gasteiger partial charge in [0, 0.05) is 11.1 Å². The van der Waals surface area contributed by atoms with Gasteiger partial charge >= 0.3 is 0 Å². The molecule has 2 aromatic heterocycles. The molecule has 6 nitrogen and oxygen atoms in total. The highest BCUT2D eigenvalue weighted by molar-refractivity contribution is 7.11. The smallest absolute Gasteiger partial charge is 0.251 e. The largest absolute Gasteiger partial charge is 0.345 e. The van der Waals surface area contributed by atoms with Gasteiger partial charge in [0.25, 0.3) is 5.91 Å². The molecule has 0 saturated carbocycles. The van der Waals surface area contributed by atoms with Gasteiger partial charge in [-0.2, -0.15) is 10.2 Å². The second-order valence-electron chi connectivity index (χ2n) is 6.20. The Morgan fingerprint density at radius 1 is 1.08 bits per heavy atom. The van der Waals surface area contributed by atoms with Crippen molar-refractivity contribution in [1.82, 2.24) is 25.7 Å². The molecular formula is C19H21N5OS. The van der Waals surface area contributed by atoms with Crippen molar-refractivity contribution < 1.29 is 4.79 Å². The van der Waals surface area contributed by atoms with Crippen LogP contribution in [0.1, 0.15) is 52.8 Å². The zero-order chi connectivity index (χ0) is 18.5. The number of hydrogen-bond donors (Lipinski definition) is 1. The van der Waals surface area contributed by atoms with E-state index >= 15 is 0 Å². The number of aromatic nitrogens is 4. The fourth-order valence-electron chi connectivity index (χ4n) is 2.38. The summed E-state index contributed by atoms with van der Waals surface area (Å²) in [5, 5.41) is 21.3. The molecule has 1 amide bonds. The van der Waals surface area contributed by atoms with E-state index in [-0.39, 0.29) is 5.91 Å². The number of nitrogens with one attached hydrogen (secondary N) is 1. The van der Waals surface area contributed by atoms with Crippen molar-refractivity contribution in [3.8, 4) is 11.3 Å². The molecule has 134 valence electrons. The number of amides is 1. The van der Waals surface area contributed by atoms with Crippen LogP contribution in [0.2, 0.25) is 0 Å². The average molecular weight is 367 g/mol. The minimum absolute atomic E-state index is 0.146. The van der Waals surface area contributed by atoms with Crippen LogP contribution in [0, 0.1) is 0 Å². The number of benzene rings is 1. The van der Waals surface area contributed by atoms with Crippen LogP contribution in [0.4, 0.5) is 0 Å². The summed E-state index contributed by atoms with van der Waals surface area (Å²) in [6.45, 7) is 6.57. The van der Waals surface area contributed by atoms with Crippen molar-refractivity contribution in [3.05, 3.63) is 57.7 Å². The highest BCUT2D eigenvalue weighted by atomic mass is 32.1. The predicted octanol–water partition coefficient (Wildman–Crippen LogP) is 3.61. The third-order valence-electron chi connectivity index (χ3n) is 3.91. The first-order valence-electron chi connectivity index (χ1n) is 8.60. The topological polar surface area (TPSA) is 80.7 Å². The molecule has 0 aliphatic rings. The Kier molecular flexibility index (Phi) is 5.68. The van der Waals surface area contributed by atoms with Gasteiger partial charge in [0.15, 0.2) is 0 Å². The van der Waals surface area contributed by atoms with Crippen molar-refractivity contribution in [2.24, 2.45) is 0 Å². The lowest BCUT2D eigenvalue weighted by Crippen LogP contribution is -2.22. The van der Waals surface area contributed by atoms with E-state index in [0.717, 1.165) is 33.4 Å². The maximum atomic E-state index is 12.4. The van der Waals surface area contributed by atoms with Gasteiger partial charge in [-0.05, 0) is 36.6 Å². The number of carbonyl (C=O) groups is 1. The zero-order valence-electron chi connectivity index (χ0n) is 15.1. The zero-order valence-corrected chi connectivity index (χ0v) is 15.9. The monoisotopic (exact) mass is 367 g/mol. The Bertz CT molecular complexity index is 889. The van der Waals surface area contributed by atoms with Crippen LogP contribution >= 0.6 is 11.3 Å². The van der Waals surface area contributed by atoms with Crippen molar-refractivity contribution in [1.29, 1.82) is 0 Å². The van der Waals surface area contributed by atoms with Gasteiger partial charge < -0.3 is 5.32 Å². The van der Waals surface area contributed by atoms with Crippen LogP contribution in [-0.4, -0.2) is 26.3 Å². The number of rotatable bonds is 6. The van der Waals surface area contributed by atoms with Crippen LogP contribution in [0.25, 0.3) is 11.3 Å². The molecule has 0 atom stereocenters. The summed E-state index contributed by atoms with van der Waals surface area (Å²) < 4.78 is 0. The van der Waals surface area contributed by atoms with E-state index < -0.39 is 0 Å². The highest BCUT2D eigenvalue weighted by Gasteiger charge is 2.10. The summed E-state index contributed by atoms with van der Waals surface area (Å²) in [6, 6.07) is 11.3. The van der Waals surface area contributed by atoms with Gasteiger partial charge in [-0.15, -0.1) is 10.2 Å². The normalized spacial score (nSPS) is 10.9. The Balaban J connectivity index is 1.70. The SMILES string of the molecule is CCc1nnc(CNC(=O)c2cccc(-c3ccc(C(C)C)nn3)c2)s1. The van der Waals surface area contributed by atoms with Gasteiger partial charge in [0.05, 0.1) is 17.9 Å². The molecule has 0 radical (unpaired) electrons. The predicted molar refractivity (Wildman–Crippen MR) is 102 cm³/mol. The summed E-state index contributed by atoms with van der Waals surface area (Å²) >= 11 is 1.52. The summed E-state index contributed by atoms with van der Waals surface area (Å²) in [5.41, 5.74) is 3.15. The minimum Gasteiger partial charge on any atom is -0.345 e. The summed E-state index contributed by atoms with van der Waals surface area (Å²) in [4.78, 5) is 12.4. The van der Waals surface area contributed by atoms with Crippen LogP contribution in [0.3, 0.4) is 0 Å². The minimum atomic E-state index is -0.146. The third kappa shape index (κ3) is 4.29. The van der Waals surface area contributed by atoms with E-state index in [1.807, 2.05) is 37.3 Å². The number of hydrogen-bond acceptors (Lipinski definition) is 6. The molecule has 0 fully saturated rings. The van der Waals surface area contributed by atoms with E-state index in [1.54, 1.807) is 6.07 Å². The lowest BCUT2D eigenvalue weighted by Gasteiger charge is -2.07. The molecular weight excluding hydrogens is 346 g/mol. The number of carbonyl (C=O) groups excluding carboxylic acids is 1. The summed E-state index contributed by atoms with van der Waals surface area (Å²) in [7, 11) is 0. The molecule has 0 spiro atoms. The first-order valence-corrected chi connectivity index (χ1v) is 9.42. The van der Waals surface area contributed by atoms with Crippen LogP contribution in [0.5, 0.6) is 0 Å². The van der Waals surface area contributed by atoms with Gasteiger partial charge in [-0.1, -0.05) is 44.2 Å². The second kappa shape index (κ2) is 8.14. The lowest BCUT2D eigenvalue weighted by atomic mass is 10.1. The van der Waals surface area contributed by atoms with E-state index in [1.165, 1.54) is 11.3 Å². The maximum absolute atomic E-state index is 12.4. The fraction of sp³-hybridized carbons (Fsp3) is 0.316. The van der Waals surface area contributed by atoms with E-state index in [4.69, 9.17) is 0 Å². The Morgan fingerprint density at radius 2 is 1.88 bits per heavy atom. The molecule has 2 heterocycles. The lowest BCUT2D eigenvalue weighted by molar-refractivity contribution is 0.0951. The van der Waals surface area contributed by atoms with Crippen molar-refractivity contribution in [2.45, 2.75) is 39.7 Å². The standard InChI is InChI=1S/C19H21N5OS/c1-4-17-23-24-18(26-17)11-20-19(25)14-7-5-6-13(10-14)16-9-8-15(12(2)3)21-22-16/h5-10,12H,4,11H2,1-3H3,(H,20,25). The highest BCUT2D eigenvalue weighted by Crippen LogP contribution is 2.19. The van der Waals surface area contributed by atoms with Crippen molar-refractivity contribution >= 4 is 17.2 Å².